The Morgan fingerprint density at radius 1 is 1.26 bits per heavy atom. The Morgan fingerprint density at radius 2 is 1.96 bits per heavy atom. The number of para-hydroxylation sites is 1. The molecular formula is C17H25Cl2N3O. The first-order valence-electron chi connectivity index (χ1n) is 7.44. The van der Waals surface area contributed by atoms with Gasteiger partial charge in [-0.15, -0.1) is 24.8 Å². The molecule has 0 aliphatic rings. The van der Waals surface area contributed by atoms with Crippen LogP contribution in [0.15, 0.2) is 36.5 Å². The van der Waals surface area contributed by atoms with Gasteiger partial charge in [0.1, 0.15) is 0 Å². The van der Waals surface area contributed by atoms with E-state index in [1.807, 2.05) is 37.5 Å². The van der Waals surface area contributed by atoms with Gasteiger partial charge in [0.2, 0.25) is 5.91 Å². The van der Waals surface area contributed by atoms with Crippen LogP contribution in [0.1, 0.15) is 25.8 Å². The first-order valence-corrected chi connectivity index (χ1v) is 7.44. The van der Waals surface area contributed by atoms with Gasteiger partial charge in [0.25, 0.3) is 0 Å². The predicted octanol–water partition coefficient (Wildman–Crippen LogP) is 3.33. The van der Waals surface area contributed by atoms with Crippen LogP contribution in [0.25, 0.3) is 10.9 Å². The molecule has 1 aromatic carbocycles. The Bertz CT molecular complexity index is 622. The molecule has 0 aliphatic carbocycles. The molecule has 0 radical (unpaired) electrons. The number of nitrogens with one attached hydrogen (secondary N) is 2. The van der Waals surface area contributed by atoms with Gasteiger partial charge in [-0.25, -0.2) is 0 Å². The number of carbonyl (C=O) groups is 1. The van der Waals surface area contributed by atoms with Crippen LogP contribution >= 0.6 is 24.8 Å². The molecule has 2 N–H and O–H groups in total. The third-order valence-electron chi connectivity index (χ3n) is 3.92. The molecule has 1 amide bonds. The van der Waals surface area contributed by atoms with E-state index >= 15 is 0 Å². The van der Waals surface area contributed by atoms with Crippen LogP contribution < -0.4 is 10.6 Å². The summed E-state index contributed by atoms with van der Waals surface area (Å²) in [5, 5.41) is 7.17. The second-order valence-electron chi connectivity index (χ2n) is 5.41. The number of likely N-dealkylation sites (N-methyl/N-ethyl adjacent to an activating group) is 1. The Morgan fingerprint density at radius 3 is 2.61 bits per heavy atom. The quantitative estimate of drug-likeness (QED) is 0.833. The van der Waals surface area contributed by atoms with E-state index in [0.29, 0.717) is 12.5 Å². The summed E-state index contributed by atoms with van der Waals surface area (Å²) in [5.74, 6) is 0.352. The van der Waals surface area contributed by atoms with Crippen LogP contribution in [0.5, 0.6) is 0 Å². The average molecular weight is 358 g/mol. The van der Waals surface area contributed by atoms with Gasteiger partial charge in [-0.1, -0.05) is 38.5 Å². The lowest BCUT2D eigenvalue weighted by atomic mass is 9.98. The third-order valence-corrected chi connectivity index (χ3v) is 3.92. The maximum atomic E-state index is 12.2. The van der Waals surface area contributed by atoms with Crippen LogP contribution in [0, 0.1) is 5.92 Å². The van der Waals surface area contributed by atoms with Gasteiger partial charge in [0.15, 0.2) is 0 Å². The fourth-order valence-electron chi connectivity index (χ4n) is 2.42. The fourth-order valence-corrected chi connectivity index (χ4v) is 2.42. The number of pyridine rings is 1. The molecule has 23 heavy (non-hydrogen) atoms. The molecule has 0 aliphatic heterocycles. The van der Waals surface area contributed by atoms with Gasteiger partial charge in [0, 0.05) is 18.1 Å². The van der Waals surface area contributed by atoms with E-state index in [1.165, 1.54) is 0 Å². The highest BCUT2D eigenvalue weighted by Crippen LogP contribution is 2.13. The molecule has 0 bridgehead atoms. The number of aromatic nitrogens is 1. The van der Waals surface area contributed by atoms with Gasteiger partial charge in [-0.3, -0.25) is 9.78 Å². The van der Waals surface area contributed by atoms with Crippen molar-refractivity contribution in [2.24, 2.45) is 5.92 Å². The summed E-state index contributed by atoms with van der Waals surface area (Å²) in [4.78, 5) is 16.6. The first kappa shape index (κ1) is 21.6. The van der Waals surface area contributed by atoms with Crippen LogP contribution in [-0.4, -0.2) is 24.0 Å². The molecule has 4 nitrogen and oxygen atoms in total. The van der Waals surface area contributed by atoms with Crippen molar-refractivity contribution in [2.45, 2.75) is 32.9 Å². The number of amides is 1. The largest absolute Gasteiger partial charge is 0.351 e. The number of fused-ring (bicyclic) bond motifs is 1. The van der Waals surface area contributed by atoms with Crippen molar-refractivity contribution < 1.29 is 4.79 Å². The molecular weight excluding hydrogens is 333 g/mol. The molecule has 128 valence electrons. The fraction of sp³-hybridized carbons (Fsp3) is 0.412. The topological polar surface area (TPSA) is 54.0 Å². The van der Waals surface area contributed by atoms with Crippen molar-refractivity contribution in [3.63, 3.8) is 0 Å². The number of nitrogens with zero attached hydrogens (tertiary/aromatic N) is 1. The van der Waals surface area contributed by atoms with Gasteiger partial charge >= 0.3 is 0 Å². The van der Waals surface area contributed by atoms with E-state index in [-0.39, 0.29) is 36.8 Å². The lowest BCUT2D eigenvalue weighted by molar-refractivity contribution is -0.124. The maximum Gasteiger partial charge on any atom is 0.237 e. The molecule has 0 saturated heterocycles. The summed E-state index contributed by atoms with van der Waals surface area (Å²) < 4.78 is 0. The summed E-state index contributed by atoms with van der Waals surface area (Å²) >= 11 is 0. The minimum atomic E-state index is -0.150. The maximum absolute atomic E-state index is 12.2. The van der Waals surface area contributed by atoms with Gasteiger partial charge in [-0.05, 0) is 30.7 Å². The number of benzene rings is 1. The zero-order valence-corrected chi connectivity index (χ0v) is 15.3. The Labute approximate surface area is 150 Å². The second-order valence-corrected chi connectivity index (χ2v) is 5.41. The summed E-state index contributed by atoms with van der Waals surface area (Å²) in [6, 6.07) is 9.90. The minimum absolute atomic E-state index is 0. The minimum Gasteiger partial charge on any atom is -0.351 e. The van der Waals surface area contributed by atoms with Crippen molar-refractivity contribution in [2.75, 3.05) is 7.05 Å². The third kappa shape index (κ3) is 5.65. The van der Waals surface area contributed by atoms with Gasteiger partial charge in [-0.2, -0.15) is 0 Å². The van der Waals surface area contributed by atoms with E-state index in [9.17, 15) is 4.79 Å². The molecule has 0 spiro atoms. The monoisotopic (exact) mass is 357 g/mol. The van der Waals surface area contributed by atoms with E-state index < -0.39 is 0 Å². The standard InChI is InChI=1S/C17H23N3O.2ClH/c1-4-12(2)16(18-3)17(21)20-11-13-9-14-7-5-6-8-15(14)19-10-13;;/h5-10,12,16,18H,4,11H2,1-3H3,(H,20,21);2*1H/t12-,16-;;/m1../s1. The number of rotatable bonds is 6. The Hall–Kier alpha value is -1.36. The predicted molar refractivity (Wildman–Crippen MR) is 100 cm³/mol. The Kier molecular flexibility index (Phi) is 9.80. The zero-order chi connectivity index (χ0) is 15.2. The molecule has 0 saturated carbocycles. The number of carbonyl (C=O) groups excluding carboxylic acids is 1. The number of hydrogen-bond acceptors (Lipinski definition) is 3. The van der Waals surface area contributed by atoms with E-state index in [0.717, 1.165) is 22.9 Å². The molecule has 2 atom stereocenters. The van der Waals surface area contributed by atoms with Crippen molar-refractivity contribution in [1.82, 2.24) is 15.6 Å². The van der Waals surface area contributed by atoms with Crippen LogP contribution in [0.4, 0.5) is 0 Å². The smallest absolute Gasteiger partial charge is 0.237 e. The lowest BCUT2D eigenvalue weighted by Crippen LogP contribution is -2.46. The molecule has 0 fully saturated rings. The first-order chi connectivity index (χ1) is 10.2. The molecule has 1 heterocycles. The molecule has 1 aromatic heterocycles. The van der Waals surface area contributed by atoms with Gasteiger partial charge < -0.3 is 10.6 Å². The number of halogens is 2. The second kappa shape index (κ2) is 10.4. The summed E-state index contributed by atoms with van der Waals surface area (Å²) in [6.45, 7) is 4.68. The van der Waals surface area contributed by atoms with Gasteiger partial charge in [0.05, 0.1) is 11.6 Å². The SMILES string of the molecule is CC[C@@H](C)[C@@H](NC)C(=O)NCc1cnc2ccccc2c1.Cl.Cl. The van der Waals surface area contributed by atoms with E-state index in [2.05, 4.69) is 35.5 Å². The molecule has 2 rings (SSSR count). The summed E-state index contributed by atoms with van der Waals surface area (Å²) in [7, 11) is 1.83. The summed E-state index contributed by atoms with van der Waals surface area (Å²) in [6.07, 6.45) is 2.79. The van der Waals surface area contributed by atoms with Crippen molar-refractivity contribution >= 4 is 41.6 Å². The van der Waals surface area contributed by atoms with Crippen molar-refractivity contribution in [1.29, 1.82) is 0 Å². The van der Waals surface area contributed by atoms with E-state index in [4.69, 9.17) is 0 Å². The highest BCUT2D eigenvalue weighted by atomic mass is 35.5. The lowest BCUT2D eigenvalue weighted by Gasteiger charge is -2.21. The number of hydrogen-bond donors (Lipinski definition) is 2. The molecule has 2 aromatic rings. The Balaban J connectivity index is 0.00000242. The van der Waals surface area contributed by atoms with Crippen LogP contribution in [0.3, 0.4) is 0 Å². The van der Waals surface area contributed by atoms with Crippen molar-refractivity contribution in [3.05, 3.63) is 42.1 Å². The van der Waals surface area contributed by atoms with Crippen LogP contribution in [0.2, 0.25) is 0 Å². The normalized spacial score (nSPS) is 12.7. The van der Waals surface area contributed by atoms with Crippen molar-refractivity contribution in [3.8, 4) is 0 Å². The zero-order valence-electron chi connectivity index (χ0n) is 13.7. The molecule has 6 heteroatoms. The average Bonchev–Trinajstić information content (AvgIpc) is 2.53. The van der Waals surface area contributed by atoms with Crippen LogP contribution in [-0.2, 0) is 11.3 Å². The van der Waals surface area contributed by atoms with E-state index in [1.54, 1.807) is 0 Å². The summed E-state index contributed by atoms with van der Waals surface area (Å²) in [5.41, 5.74) is 1.99. The highest BCUT2D eigenvalue weighted by Gasteiger charge is 2.21. The molecule has 0 unspecified atom stereocenters. The highest BCUT2D eigenvalue weighted by molar-refractivity contribution is 5.85.